The number of nitrogens with zero attached hydrogens (tertiary/aromatic N) is 2. The molecular formula is C22H27F3N4O4S. The highest BCUT2D eigenvalue weighted by molar-refractivity contribution is 7.09. The number of aromatic nitrogens is 1. The maximum atomic E-state index is 12.8. The number of likely N-dealkylation sites (tertiary alicyclic amines) is 1. The van der Waals surface area contributed by atoms with Gasteiger partial charge in [-0.25, -0.2) is 0 Å². The van der Waals surface area contributed by atoms with E-state index in [2.05, 4.69) is 15.6 Å². The second-order valence-electron chi connectivity index (χ2n) is 8.59. The van der Waals surface area contributed by atoms with Crippen LogP contribution in [0.25, 0.3) is 0 Å². The summed E-state index contributed by atoms with van der Waals surface area (Å²) in [5.74, 6) is -0.755. The van der Waals surface area contributed by atoms with Gasteiger partial charge in [-0.3, -0.25) is 19.5 Å². The van der Waals surface area contributed by atoms with E-state index in [-0.39, 0.29) is 23.6 Å². The van der Waals surface area contributed by atoms with E-state index in [0.29, 0.717) is 31.8 Å². The van der Waals surface area contributed by atoms with Gasteiger partial charge < -0.3 is 21.2 Å². The van der Waals surface area contributed by atoms with Gasteiger partial charge in [-0.15, -0.1) is 11.3 Å². The molecule has 0 radical (unpaired) electrons. The number of nitrogens with one attached hydrogen (secondary N) is 2. The second-order valence-corrected chi connectivity index (χ2v) is 9.51. The van der Waals surface area contributed by atoms with Crippen molar-refractivity contribution in [3.8, 4) is 0 Å². The Labute approximate surface area is 198 Å². The van der Waals surface area contributed by atoms with Crippen LogP contribution in [0.4, 0.5) is 13.2 Å². The maximum Gasteiger partial charge on any atom is 0.416 e. The van der Waals surface area contributed by atoms with Crippen molar-refractivity contribution in [1.82, 2.24) is 20.5 Å². The number of rotatable bonds is 6. The summed E-state index contributed by atoms with van der Waals surface area (Å²) in [6.45, 7) is 0.677. The first-order chi connectivity index (χ1) is 15.6. The molecule has 1 aromatic heterocycles. The van der Waals surface area contributed by atoms with Crippen molar-refractivity contribution in [3.05, 3.63) is 52.0 Å². The quantitative estimate of drug-likeness (QED) is 0.559. The smallest absolute Gasteiger partial charge is 0.412 e. The van der Waals surface area contributed by atoms with E-state index in [1.165, 1.54) is 10.9 Å². The zero-order chi connectivity index (χ0) is 23.6. The van der Waals surface area contributed by atoms with E-state index < -0.39 is 29.3 Å². The highest BCUT2D eigenvalue weighted by Gasteiger charge is 2.45. The highest BCUT2D eigenvalue weighted by Crippen LogP contribution is 2.42. The van der Waals surface area contributed by atoms with Gasteiger partial charge in [-0.05, 0) is 49.8 Å². The second kappa shape index (κ2) is 10.4. The van der Waals surface area contributed by atoms with Crippen LogP contribution < -0.4 is 10.6 Å². The number of amides is 2. The van der Waals surface area contributed by atoms with Gasteiger partial charge in [0, 0.05) is 29.7 Å². The molecule has 12 heteroatoms. The summed E-state index contributed by atoms with van der Waals surface area (Å²) in [6.07, 6.45) is 0.420. The third-order valence-electron chi connectivity index (χ3n) is 6.34. The highest BCUT2D eigenvalue weighted by atomic mass is 32.1. The van der Waals surface area contributed by atoms with Gasteiger partial charge in [0.2, 0.25) is 5.91 Å². The van der Waals surface area contributed by atoms with Gasteiger partial charge in [0.25, 0.3) is 5.91 Å². The Morgan fingerprint density at radius 2 is 1.94 bits per heavy atom. The van der Waals surface area contributed by atoms with Gasteiger partial charge in [0.15, 0.2) is 0 Å². The Hall–Kier alpha value is -2.54. The number of carbonyl (C=O) groups is 2. The Morgan fingerprint density at radius 3 is 2.56 bits per heavy atom. The van der Waals surface area contributed by atoms with E-state index in [9.17, 15) is 27.9 Å². The first kappa shape index (κ1) is 26.1. The summed E-state index contributed by atoms with van der Waals surface area (Å²) in [6, 6.07) is 3.89. The van der Waals surface area contributed by atoms with Gasteiger partial charge in [0.1, 0.15) is 5.72 Å². The Kier molecular flexibility index (Phi) is 7.96. The molecule has 5 N–H and O–H groups in total. The molecule has 2 aliphatic rings. The first-order valence-electron chi connectivity index (χ1n) is 10.7. The van der Waals surface area contributed by atoms with Crippen LogP contribution in [-0.4, -0.2) is 63.7 Å². The Balaban J connectivity index is 0.00000324. The molecule has 2 amide bonds. The molecule has 34 heavy (non-hydrogen) atoms. The standard InChI is InChI=1S/C22H25F3N4O3S.H2O/c23-22(24,25)16-3-1-2-15(8-16)20(31)27-10-19(30)28-17-11-29(12-17)21(32)6-4-14(5-7-21)18-9-26-13-33-18;/h1-3,8-9,13-14,17,32H,4-7,10-12H2,(H,27,31)(H,28,30);1H2. The molecule has 1 aliphatic carbocycles. The van der Waals surface area contributed by atoms with Crippen LogP contribution in [0.5, 0.6) is 0 Å². The number of aliphatic hydroxyl groups is 1. The average molecular weight is 501 g/mol. The average Bonchev–Trinajstić information content (AvgIpc) is 3.29. The summed E-state index contributed by atoms with van der Waals surface area (Å²) in [4.78, 5) is 31.6. The molecule has 2 fully saturated rings. The lowest BCUT2D eigenvalue weighted by atomic mass is 9.80. The van der Waals surface area contributed by atoms with Crippen molar-refractivity contribution >= 4 is 23.2 Å². The van der Waals surface area contributed by atoms with Crippen LogP contribution in [0.2, 0.25) is 0 Å². The van der Waals surface area contributed by atoms with Crippen molar-refractivity contribution in [3.63, 3.8) is 0 Å². The SMILES string of the molecule is O.O=C(CNC(=O)c1cccc(C(F)(F)F)c1)NC1CN(C2(O)CCC(c3cncs3)CC2)C1. The molecular weight excluding hydrogens is 473 g/mol. The largest absolute Gasteiger partial charge is 0.416 e. The first-order valence-corrected chi connectivity index (χ1v) is 11.6. The van der Waals surface area contributed by atoms with Crippen LogP contribution in [0, 0.1) is 0 Å². The van der Waals surface area contributed by atoms with Crippen molar-refractivity contribution in [1.29, 1.82) is 0 Å². The minimum Gasteiger partial charge on any atom is -0.412 e. The lowest BCUT2D eigenvalue weighted by Gasteiger charge is -2.51. The molecule has 0 bridgehead atoms. The number of halogens is 3. The molecule has 1 aliphatic heterocycles. The van der Waals surface area contributed by atoms with Gasteiger partial charge in [-0.1, -0.05) is 6.07 Å². The normalized spacial score (nSPS) is 23.5. The van der Waals surface area contributed by atoms with E-state index in [4.69, 9.17) is 0 Å². The summed E-state index contributed by atoms with van der Waals surface area (Å²) in [7, 11) is 0. The summed E-state index contributed by atoms with van der Waals surface area (Å²) < 4.78 is 38.4. The van der Waals surface area contributed by atoms with Crippen molar-refractivity contribution in [2.24, 2.45) is 0 Å². The van der Waals surface area contributed by atoms with Crippen molar-refractivity contribution in [2.45, 2.75) is 49.5 Å². The fourth-order valence-electron chi connectivity index (χ4n) is 4.40. The van der Waals surface area contributed by atoms with Crippen molar-refractivity contribution in [2.75, 3.05) is 19.6 Å². The number of thiazole rings is 1. The van der Waals surface area contributed by atoms with Crippen LogP contribution in [0.3, 0.4) is 0 Å². The Bertz CT molecular complexity index is 988. The van der Waals surface area contributed by atoms with Crippen LogP contribution in [0.1, 0.15) is 52.4 Å². The van der Waals surface area contributed by atoms with Gasteiger partial charge in [-0.2, -0.15) is 13.2 Å². The minimum absolute atomic E-state index is 0. The monoisotopic (exact) mass is 500 g/mol. The molecule has 2 aromatic rings. The predicted molar refractivity (Wildman–Crippen MR) is 119 cm³/mol. The molecule has 0 atom stereocenters. The summed E-state index contributed by atoms with van der Waals surface area (Å²) >= 11 is 1.64. The lowest BCUT2D eigenvalue weighted by Crippen LogP contribution is -2.68. The van der Waals surface area contributed by atoms with Crippen LogP contribution >= 0.6 is 11.3 Å². The van der Waals surface area contributed by atoms with Gasteiger partial charge >= 0.3 is 6.18 Å². The number of hydrogen-bond acceptors (Lipinski definition) is 6. The molecule has 0 spiro atoms. The fourth-order valence-corrected chi connectivity index (χ4v) is 5.19. The lowest BCUT2D eigenvalue weighted by molar-refractivity contribution is -0.169. The molecule has 8 nitrogen and oxygen atoms in total. The van der Waals surface area contributed by atoms with Crippen molar-refractivity contribution < 1.29 is 33.3 Å². The molecule has 186 valence electrons. The third kappa shape index (κ3) is 5.93. The topological polar surface area (TPSA) is 126 Å². The van der Waals surface area contributed by atoms with E-state index in [1.807, 2.05) is 16.6 Å². The van der Waals surface area contributed by atoms with E-state index >= 15 is 0 Å². The Morgan fingerprint density at radius 1 is 1.24 bits per heavy atom. The van der Waals surface area contributed by atoms with Gasteiger partial charge in [0.05, 0.1) is 23.7 Å². The summed E-state index contributed by atoms with van der Waals surface area (Å²) in [5, 5.41) is 16.1. The number of carbonyl (C=O) groups excluding carboxylic acids is 2. The van der Waals surface area contributed by atoms with E-state index in [0.717, 1.165) is 31.0 Å². The number of hydrogen-bond donors (Lipinski definition) is 3. The zero-order valence-electron chi connectivity index (χ0n) is 18.3. The third-order valence-corrected chi connectivity index (χ3v) is 7.28. The molecule has 4 rings (SSSR count). The van der Waals surface area contributed by atoms with Crippen LogP contribution in [-0.2, 0) is 11.0 Å². The molecule has 1 aromatic carbocycles. The maximum absolute atomic E-state index is 12.8. The molecule has 1 saturated heterocycles. The molecule has 1 saturated carbocycles. The minimum atomic E-state index is -4.55. The van der Waals surface area contributed by atoms with E-state index in [1.54, 1.807) is 11.3 Å². The zero-order valence-corrected chi connectivity index (χ0v) is 19.1. The fraction of sp³-hybridized carbons (Fsp3) is 0.500. The summed E-state index contributed by atoms with van der Waals surface area (Å²) in [5.41, 5.74) is -0.141. The molecule has 0 unspecified atom stereocenters. The predicted octanol–water partition coefficient (Wildman–Crippen LogP) is 1.91. The van der Waals surface area contributed by atoms with Crippen LogP contribution in [0.15, 0.2) is 36.0 Å². The number of benzene rings is 1. The molecule has 2 heterocycles. The number of alkyl halides is 3.